The number of benzene rings is 1. The Labute approximate surface area is 271 Å². The van der Waals surface area contributed by atoms with Gasteiger partial charge in [-0.05, 0) is 65.8 Å². The number of imide groups is 1. The second-order valence-electron chi connectivity index (χ2n) is 12.6. The van der Waals surface area contributed by atoms with Crippen LogP contribution in [0, 0.1) is 11.3 Å². The molecule has 1 unspecified atom stereocenters. The minimum absolute atomic E-state index is 0.0832. The number of morpholine rings is 1. The molecule has 0 radical (unpaired) electrons. The monoisotopic (exact) mass is 644 g/mol. The van der Waals surface area contributed by atoms with E-state index in [1.54, 1.807) is 84.1 Å². The number of aliphatic hydroxyl groups is 1. The van der Waals surface area contributed by atoms with Gasteiger partial charge in [-0.1, -0.05) is 18.2 Å². The van der Waals surface area contributed by atoms with Crippen molar-refractivity contribution in [3.05, 3.63) is 64.7 Å². The Morgan fingerprint density at radius 1 is 1.02 bits per heavy atom. The zero-order valence-corrected chi connectivity index (χ0v) is 27.4. The van der Waals surface area contributed by atoms with E-state index in [9.17, 15) is 20.0 Å². The molecule has 1 aromatic carbocycles. The first kappa shape index (κ1) is 32.7. The van der Waals surface area contributed by atoms with Crippen LogP contribution >= 0.6 is 11.3 Å². The number of nitrogens with zero attached hydrogens (tertiary/aromatic N) is 6. The number of thiophene rings is 1. The topological polar surface area (TPSA) is 151 Å². The van der Waals surface area contributed by atoms with Crippen molar-refractivity contribution in [2.75, 3.05) is 36.1 Å². The summed E-state index contributed by atoms with van der Waals surface area (Å²) < 4.78 is 16.8. The molecule has 46 heavy (non-hydrogen) atoms. The Hall–Kier alpha value is -4.64. The number of carbonyl (C=O) groups is 2. The van der Waals surface area contributed by atoms with Crippen molar-refractivity contribution in [2.24, 2.45) is 0 Å². The molecular formula is C33H36N6O6S. The van der Waals surface area contributed by atoms with Gasteiger partial charge in [0, 0.05) is 35.3 Å². The largest absolute Gasteiger partial charge is 0.443 e. The number of anilines is 2. The first-order valence-electron chi connectivity index (χ1n) is 14.8. The zero-order valence-electron chi connectivity index (χ0n) is 26.6. The maximum atomic E-state index is 13.7. The van der Waals surface area contributed by atoms with Crippen LogP contribution in [0.15, 0.2) is 48.7 Å². The van der Waals surface area contributed by atoms with Crippen molar-refractivity contribution < 1.29 is 28.9 Å². The van der Waals surface area contributed by atoms with Crippen LogP contribution in [-0.4, -0.2) is 69.8 Å². The van der Waals surface area contributed by atoms with E-state index in [4.69, 9.17) is 19.2 Å². The lowest BCUT2D eigenvalue weighted by atomic mass is 10.1. The number of carbonyl (C=O) groups excluding carboxylic acids is 2. The molecular weight excluding hydrogens is 608 g/mol. The van der Waals surface area contributed by atoms with Gasteiger partial charge in [0.05, 0.1) is 30.2 Å². The van der Waals surface area contributed by atoms with Crippen LogP contribution in [0.4, 0.5) is 21.2 Å². The van der Waals surface area contributed by atoms with Crippen molar-refractivity contribution in [1.29, 1.82) is 5.26 Å². The molecule has 0 saturated carbocycles. The Morgan fingerprint density at radius 3 is 2.33 bits per heavy atom. The molecule has 4 aromatic rings. The summed E-state index contributed by atoms with van der Waals surface area (Å²) >= 11 is 1.19. The highest BCUT2D eigenvalue weighted by molar-refractivity contribution is 7.18. The van der Waals surface area contributed by atoms with Crippen LogP contribution in [0.2, 0.25) is 0 Å². The number of hydrogen-bond donors (Lipinski definition) is 1. The van der Waals surface area contributed by atoms with Gasteiger partial charge in [-0.25, -0.2) is 24.5 Å². The minimum atomic E-state index is -1.11. The molecule has 0 bridgehead atoms. The number of aromatic nitrogens is 3. The average Bonchev–Trinajstić information content (AvgIpc) is 3.44. The molecule has 0 spiro atoms. The van der Waals surface area contributed by atoms with E-state index in [0.717, 1.165) is 4.90 Å². The summed E-state index contributed by atoms with van der Waals surface area (Å²) in [4.78, 5) is 45.1. The van der Waals surface area contributed by atoms with Gasteiger partial charge < -0.3 is 24.2 Å². The maximum absolute atomic E-state index is 13.7. The standard InChI is InChI=1S/C33H36N6O6S/c1-32(2,3)44-30(41)39(31(42)45-33(4,5)6)28-23-18-24(25(40)22-11-8-12-35-27(22)38-13-15-43-16-14-38)46-29(23)37-26(36-28)21-10-7-9-20(17-21)19-34/h7-12,17-18,25,40H,13-16H2,1-6H3. The molecule has 1 aliphatic rings. The van der Waals surface area contributed by atoms with Crippen molar-refractivity contribution in [2.45, 2.75) is 58.8 Å². The molecule has 5 rings (SSSR count). The molecule has 13 heteroatoms. The average molecular weight is 645 g/mol. The Bertz CT molecular complexity index is 1770. The summed E-state index contributed by atoms with van der Waals surface area (Å²) in [5, 5.41) is 21.6. The normalized spacial score (nSPS) is 14.4. The minimum Gasteiger partial charge on any atom is -0.443 e. The summed E-state index contributed by atoms with van der Waals surface area (Å²) in [6, 6.07) is 14.0. The van der Waals surface area contributed by atoms with Gasteiger partial charge in [0.2, 0.25) is 0 Å². The maximum Gasteiger partial charge on any atom is 0.425 e. The van der Waals surface area contributed by atoms with Gasteiger partial charge >= 0.3 is 12.2 Å². The number of aliphatic hydroxyl groups excluding tert-OH is 1. The van der Waals surface area contributed by atoms with Crippen molar-refractivity contribution in [1.82, 2.24) is 15.0 Å². The van der Waals surface area contributed by atoms with Crippen molar-refractivity contribution in [3.63, 3.8) is 0 Å². The van der Waals surface area contributed by atoms with E-state index >= 15 is 0 Å². The number of nitriles is 1. The molecule has 4 heterocycles. The van der Waals surface area contributed by atoms with Crippen molar-refractivity contribution in [3.8, 4) is 17.5 Å². The fourth-order valence-corrected chi connectivity index (χ4v) is 5.80. The molecule has 1 N–H and O–H groups in total. The Morgan fingerprint density at radius 2 is 1.70 bits per heavy atom. The van der Waals surface area contributed by atoms with E-state index in [2.05, 4.69) is 20.9 Å². The van der Waals surface area contributed by atoms with Crippen molar-refractivity contribution >= 4 is 45.4 Å². The molecule has 240 valence electrons. The predicted octanol–water partition coefficient (Wildman–Crippen LogP) is 6.22. The van der Waals surface area contributed by atoms with E-state index < -0.39 is 29.5 Å². The Kier molecular flexibility index (Phi) is 9.25. The first-order chi connectivity index (χ1) is 21.7. The van der Waals surface area contributed by atoms with E-state index in [1.807, 2.05) is 6.07 Å². The smallest absolute Gasteiger partial charge is 0.425 e. The predicted molar refractivity (Wildman–Crippen MR) is 174 cm³/mol. The van der Waals surface area contributed by atoms with E-state index in [1.165, 1.54) is 11.3 Å². The highest BCUT2D eigenvalue weighted by Crippen LogP contribution is 2.40. The summed E-state index contributed by atoms with van der Waals surface area (Å²) in [6.07, 6.45) is -1.42. The fourth-order valence-electron chi connectivity index (χ4n) is 4.77. The number of ether oxygens (including phenoxy) is 3. The zero-order chi connectivity index (χ0) is 33.2. The lowest BCUT2D eigenvalue weighted by molar-refractivity contribution is 0.0429. The highest BCUT2D eigenvalue weighted by Gasteiger charge is 2.36. The molecule has 1 atom stereocenters. The third kappa shape index (κ3) is 7.42. The Balaban J connectivity index is 1.70. The summed E-state index contributed by atoms with van der Waals surface area (Å²) in [5.41, 5.74) is -0.427. The third-order valence-electron chi connectivity index (χ3n) is 6.70. The van der Waals surface area contributed by atoms with Gasteiger partial charge in [-0.3, -0.25) is 0 Å². The van der Waals surface area contributed by atoms with E-state index in [0.29, 0.717) is 63.9 Å². The van der Waals surface area contributed by atoms with Gasteiger partial charge in [0.1, 0.15) is 28.0 Å². The van der Waals surface area contributed by atoms with Crippen LogP contribution in [-0.2, 0) is 14.2 Å². The van der Waals surface area contributed by atoms with Crippen LogP contribution in [0.1, 0.15) is 63.7 Å². The molecule has 12 nitrogen and oxygen atoms in total. The number of amides is 2. The lowest BCUT2D eigenvalue weighted by Gasteiger charge is -2.30. The molecule has 3 aromatic heterocycles. The fraction of sp³-hybridized carbons (Fsp3) is 0.394. The van der Waals surface area contributed by atoms with E-state index in [-0.39, 0.29) is 11.6 Å². The van der Waals surface area contributed by atoms with Gasteiger partial charge in [0.25, 0.3) is 0 Å². The number of rotatable bonds is 5. The van der Waals surface area contributed by atoms with Crippen LogP contribution in [0.5, 0.6) is 0 Å². The molecule has 1 aliphatic heterocycles. The number of pyridine rings is 1. The summed E-state index contributed by atoms with van der Waals surface area (Å²) in [7, 11) is 0. The van der Waals surface area contributed by atoms with Crippen LogP contribution in [0.25, 0.3) is 21.6 Å². The number of fused-ring (bicyclic) bond motifs is 1. The van der Waals surface area contributed by atoms with Gasteiger partial charge in [-0.15, -0.1) is 11.3 Å². The molecule has 0 aliphatic carbocycles. The molecule has 1 saturated heterocycles. The van der Waals surface area contributed by atoms with Gasteiger partial charge in [-0.2, -0.15) is 10.2 Å². The molecule has 1 fully saturated rings. The highest BCUT2D eigenvalue weighted by atomic mass is 32.1. The molecule has 2 amide bonds. The second-order valence-corrected chi connectivity index (χ2v) is 13.7. The van der Waals surface area contributed by atoms with Crippen LogP contribution < -0.4 is 9.80 Å². The van der Waals surface area contributed by atoms with Crippen LogP contribution in [0.3, 0.4) is 0 Å². The summed E-state index contributed by atoms with van der Waals surface area (Å²) in [6.45, 7) is 12.5. The first-order valence-corrected chi connectivity index (χ1v) is 15.6. The second kappa shape index (κ2) is 13.0. The summed E-state index contributed by atoms with van der Waals surface area (Å²) in [5.74, 6) is 0.718. The lowest BCUT2D eigenvalue weighted by Crippen LogP contribution is -2.44. The number of hydrogen-bond acceptors (Lipinski definition) is 12. The third-order valence-corrected chi connectivity index (χ3v) is 7.78. The quantitative estimate of drug-likeness (QED) is 0.264. The SMILES string of the molecule is CC(C)(C)OC(=O)N(C(=O)OC(C)(C)C)c1nc(-c2cccc(C#N)c2)nc2sc(C(O)c3cccnc3N3CCOCC3)cc12. The van der Waals surface area contributed by atoms with Gasteiger partial charge in [0.15, 0.2) is 11.6 Å².